The highest BCUT2D eigenvalue weighted by Gasteiger charge is 2.22. The Morgan fingerprint density at radius 2 is 2.38 bits per heavy atom. The minimum Gasteiger partial charge on any atom is -0.245 e. The largest absolute Gasteiger partial charge is 0.245 e. The highest BCUT2D eigenvalue weighted by atomic mass is 32.2. The average molecular weight is 259 g/mol. The van der Waals surface area contributed by atoms with Crippen LogP contribution in [0.15, 0.2) is 5.38 Å². The van der Waals surface area contributed by atoms with E-state index >= 15 is 0 Å². The summed E-state index contributed by atoms with van der Waals surface area (Å²) in [6.45, 7) is 3.66. The van der Waals surface area contributed by atoms with Gasteiger partial charge in [0.05, 0.1) is 23.3 Å². The summed E-state index contributed by atoms with van der Waals surface area (Å²) >= 11 is 1.46. The molecule has 1 heterocycles. The molecule has 7 heteroatoms. The second kappa shape index (κ2) is 5.39. The van der Waals surface area contributed by atoms with Gasteiger partial charge in [0.1, 0.15) is 0 Å². The normalized spacial score (nSPS) is 13.3. The van der Waals surface area contributed by atoms with Gasteiger partial charge in [-0.25, -0.2) is 18.1 Å². The quantitative estimate of drug-likeness (QED) is 0.860. The number of thiazole rings is 1. The van der Waals surface area contributed by atoms with Crippen molar-refractivity contribution >= 4 is 21.4 Å². The molecule has 5 nitrogen and oxygen atoms in total. The van der Waals surface area contributed by atoms with Gasteiger partial charge in [0, 0.05) is 5.38 Å². The number of hydrogen-bond donors (Lipinski definition) is 1. The van der Waals surface area contributed by atoms with E-state index in [9.17, 15) is 8.42 Å². The van der Waals surface area contributed by atoms with Crippen molar-refractivity contribution in [3.05, 3.63) is 16.1 Å². The first-order chi connectivity index (χ1) is 7.49. The van der Waals surface area contributed by atoms with Crippen molar-refractivity contribution in [1.29, 1.82) is 5.26 Å². The van der Waals surface area contributed by atoms with Crippen LogP contribution >= 0.6 is 11.3 Å². The number of aryl methyl sites for hydroxylation is 1. The van der Waals surface area contributed by atoms with Gasteiger partial charge in [-0.15, -0.1) is 11.3 Å². The molecule has 1 aromatic heterocycles. The Kier molecular flexibility index (Phi) is 4.41. The van der Waals surface area contributed by atoms with Gasteiger partial charge in [-0.3, -0.25) is 0 Å². The molecule has 0 saturated carbocycles. The molecule has 1 unspecified atom stereocenters. The van der Waals surface area contributed by atoms with Crippen molar-refractivity contribution in [3.8, 4) is 6.07 Å². The summed E-state index contributed by atoms with van der Waals surface area (Å²) in [4.78, 5) is 4.13. The molecule has 1 aromatic rings. The minimum absolute atomic E-state index is 0.144. The van der Waals surface area contributed by atoms with Crippen molar-refractivity contribution in [1.82, 2.24) is 9.71 Å². The van der Waals surface area contributed by atoms with Crippen LogP contribution in [0, 0.1) is 18.3 Å². The SMILES string of the molecule is CCC(C#N)S(=O)(=O)NCc1csc(C)n1. The zero-order valence-electron chi connectivity index (χ0n) is 9.10. The second-order valence-electron chi connectivity index (χ2n) is 3.25. The van der Waals surface area contributed by atoms with Crippen LogP contribution in [-0.4, -0.2) is 18.7 Å². The van der Waals surface area contributed by atoms with E-state index in [1.54, 1.807) is 18.4 Å². The number of rotatable bonds is 5. The van der Waals surface area contributed by atoms with Crippen molar-refractivity contribution in [3.63, 3.8) is 0 Å². The Balaban J connectivity index is 2.65. The number of nitriles is 1. The summed E-state index contributed by atoms with van der Waals surface area (Å²) in [5.74, 6) is 0. The van der Waals surface area contributed by atoms with E-state index in [0.29, 0.717) is 5.69 Å². The van der Waals surface area contributed by atoms with Gasteiger partial charge in [0.2, 0.25) is 10.0 Å². The van der Waals surface area contributed by atoms with E-state index in [2.05, 4.69) is 9.71 Å². The lowest BCUT2D eigenvalue weighted by Gasteiger charge is -2.08. The molecule has 0 amide bonds. The first kappa shape index (κ1) is 13.1. The maximum Gasteiger partial charge on any atom is 0.228 e. The van der Waals surface area contributed by atoms with Crippen LogP contribution in [0.5, 0.6) is 0 Å². The first-order valence-corrected chi connectivity index (χ1v) is 7.21. The zero-order valence-corrected chi connectivity index (χ0v) is 10.7. The number of sulfonamides is 1. The predicted molar refractivity (Wildman–Crippen MR) is 62.3 cm³/mol. The summed E-state index contributed by atoms with van der Waals surface area (Å²) in [6.07, 6.45) is 0.280. The van der Waals surface area contributed by atoms with E-state index in [1.165, 1.54) is 11.3 Å². The average Bonchev–Trinajstić information content (AvgIpc) is 2.63. The molecule has 0 aliphatic heterocycles. The number of hydrogen-bond acceptors (Lipinski definition) is 5. The maximum atomic E-state index is 11.6. The van der Waals surface area contributed by atoms with Crippen LogP contribution in [-0.2, 0) is 16.6 Å². The van der Waals surface area contributed by atoms with Gasteiger partial charge in [0.15, 0.2) is 5.25 Å². The van der Waals surface area contributed by atoms with Gasteiger partial charge in [0.25, 0.3) is 0 Å². The molecule has 0 radical (unpaired) electrons. The van der Waals surface area contributed by atoms with Gasteiger partial charge in [-0.1, -0.05) is 6.92 Å². The minimum atomic E-state index is -3.56. The van der Waals surface area contributed by atoms with E-state index in [-0.39, 0.29) is 13.0 Å². The van der Waals surface area contributed by atoms with E-state index < -0.39 is 15.3 Å². The molecule has 88 valence electrons. The van der Waals surface area contributed by atoms with E-state index in [1.807, 2.05) is 6.92 Å². The summed E-state index contributed by atoms with van der Waals surface area (Å²) in [5.41, 5.74) is 0.680. The lowest BCUT2D eigenvalue weighted by Crippen LogP contribution is -2.32. The Hall–Kier alpha value is -0.970. The molecule has 1 atom stereocenters. The Labute approximate surface area is 99.2 Å². The van der Waals surface area contributed by atoms with Crippen molar-refractivity contribution in [2.45, 2.75) is 32.1 Å². The van der Waals surface area contributed by atoms with Gasteiger partial charge in [-0.05, 0) is 13.3 Å². The van der Waals surface area contributed by atoms with Crippen LogP contribution in [0.1, 0.15) is 24.0 Å². The molecular formula is C9H13N3O2S2. The topological polar surface area (TPSA) is 82.8 Å². The third-order valence-electron chi connectivity index (χ3n) is 2.01. The van der Waals surface area contributed by atoms with Crippen LogP contribution in [0.2, 0.25) is 0 Å². The lowest BCUT2D eigenvalue weighted by atomic mass is 10.4. The Bertz CT molecular complexity index is 487. The van der Waals surface area contributed by atoms with E-state index in [4.69, 9.17) is 5.26 Å². The molecular weight excluding hydrogens is 246 g/mol. The molecule has 0 fully saturated rings. The summed E-state index contributed by atoms with van der Waals surface area (Å²) in [6, 6.07) is 1.77. The molecule has 1 N–H and O–H groups in total. The first-order valence-electron chi connectivity index (χ1n) is 4.78. The van der Waals surface area contributed by atoms with Crippen LogP contribution in [0.4, 0.5) is 0 Å². The number of aromatic nitrogens is 1. The van der Waals surface area contributed by atoms with E-state index in [0.717, 1.165) is 5.01 Å². The molecule has 0 spiro atoms. The number of nitrogens with zero attached hydrogens (tertiary/aromatic N) is 2. The van der Waals surface area contributed by atoms with Gasteiger partial charge in [-0.2, -0.15) is 5.26 Å². The fraction of sp³-hybridized carbons (Fsp3) is 0.556. The summed E-state index contributed by atoms with van der Waals surface area (Å²) in [5, 5.41) is 10.4. The fourth-order valence-corrected chi connectivity index (χ4v) is 2.89. The lowest BCUT2D eigenvalue weighted by molar-refractivity contribution is 0.571. The molecule has 0 bridgehead atoms. The molecule has 0 aromatic carbocycles. The third-order valence-corrected chi connectivity index (χ3v) is 4.57. The standard InChI is InChI=1S/C9H13N3O2S2/c1-3-9(4-10)16(13,14)11-5-8-6-15-7(2)12-8/h6,9,11H,3,5H2,1-2H3. The van der Waals surface area contributed by atoms with Gasteiger partial charge < -0.3 is 0 Å². The smallest absolute Gasteiger partial charge is 0.228 e. The van der Waals surface area contributed by atoms with Crippen molar-refractivity contribution in [2.75, 3.05) is 0 Å². The number of nitrogens with one attached hydrogen (secondary N) is 1. The molecule has 16 heavy (non-hydrogen) atoms. The second-order valence-corrected chi connectivity index (χ2v) is 6.26. The van der Waals surface area contributed by atoms with Crippen LogP contribution in [0.3, 0.4) is 0 Å². The molecule has 0 saturated heterocycles. The maximum absolute atomic E-state index is 11.6. The monoisotopic (exact) mass is 259 g/mol. The third kappa shape index (κ3) is 3.27. The molecule has 0 aliphatic carbocycles. The summed E-state index contributed by atoms with van der Waals surface area (Å²) in [7, 11) is -3.56. The Morgan fingerprint density at radius 1 is 1.69 bits per heavy atom. The highest BCUT2D eigenvalue weighted by molar-refractivity contribution is 7.90. The van der Waals surface area contributed by atoms with Crippen LogP contribution < -0.4 is 4.72 Å². The Morgan fingerprint density at radius 3 is 2.81 bits per heavy atom. The van der Waals surface area contributed by atoms with Gasteiger partial charge >= 0.3 is 0 Å². The molecule has 1 rings (SSSR count). The fourth-order valence-electron chi connectivity index (χ4n) is 1.14. The van der Waals surface area contributed by atoms with Crippen molar-refractivity contribution in [2.24, 2.45) is 0 Å². The van der Waals surface area contributed by atoms with Crippen molar-refractivity contribution < 1.29 is 8.42 Å². The highest BCUT2D eigenvalue weighted by Crippen LogP contribution is 2.09. The summed E-state index contributed by atoms with van der Waals surface area (Å²) < 4.78 is 25.6. The zero-order chi connectivity index (χ0) is 12.2. The predicted octanol–water partition coefficient (Wildman–Crippen LogP) is 1.17. The molecule has 0 aliphatic rings. The van der Waals surface area contributed by atoms with Crippen LogP contribution in [0.25, 0.3) is 0 Å².